The first-order valence-electron chi connectivity index (χ1n) is 11.4. The van der Waals surface area contributed by atoms with Crippen LogP contribution in [0.5, 0.6) is 5.75 Å². The lowest BCUT2D eigenvalue weighted by molar-refractivity contribution is -0.120. The van der Waals surface area contributed by atoms with Gasteiger partial charge in [0.2, 0.25) is 5.91 Å². The summed E-state index contributed by atoms with van der Waals surface area (Å²) in [6.07, 6.45) is 0. The van der Waals surface area contributed by atoms with Crippen molar-refractivity contribution in [2.75, 3.05) is 46.5 Å². The lowest BCUT2D eigenvalue weighted by atomic mass is 9.87. The van der Waals surface area contributed by atoms with E-state index in [1.807, 2.05) is 36.4 Å². The maximum absolute atomic E-state index is 12.5. The Morgan fingerprint density at radius 3 is 2.21 bits per heavy atom. The summed E-state index contributed by atoms with van der Waals surface area (Å²) < 4.78 is 10.7. The summed E-state index contributed by atoms with van der Waals surface area (Å²) in [5.74, 6) is 0.314. The van der Waals surface area contributed by atoms with E-state index in [0.29, 0.717) is 25.3 Å². The molecule has 7 nitrogen and oxygen atoms in total. The molecule has 3 rings (SSSR count). The van der Waals surface area contributed by atoms with Crippen molar-refractivity contribution in [2.45, 2.75) is 32.2 Å². The second-order valence-electron chi connectivity index (χ2n) is 9.25. The summed E-state index contributed by atoms with van der Waals surface area (Å²) in [6.45, 7) is 9.70. The lowest BCUT2D eigenvalue weighted by Gasteiger charge is -2.35. The van der Waals surface area contributed by atoms with Crippen LogP contribution in [0.4, 0.5) is 0 Å². The highest BCUT2D eigenvalue weighted by Gasteiger charge is 2.23. The van der Waals surface area contributed by atoms with E-state index in [9.17, 15) is 9.59 Å². The van der Waals surface area contributed by atoms with Crippen molar-refractivity contribution in [3.63, 3.8) is 0 Å². The van der Waals surface area contributed by atoms with Gasteiger partial charge in [-0.2, -0.15) is 0 Å². The Balaban J connectivity index is 1.55. The molecular formula is C26H35N3O4. The van der Waals surface area contributed by atoms with E-state index < -0.39 is 0 Å². The van der Waals surface area contributed by atoms with Crippen LogP contribution in [0.2, 0.25) is 0 Å². The molecule has 2 N–H and O–H groups in total. The fourth-order valence-electron chi connectivity index (χ4n) is 3.83. The highest BCUT2D eigenvalue weighted by Crippen LogP contribution is 2.24. The second kappa shape index (κ2) is 11.3. The number of hydrogen-bond donors (Lipinski definition) is 2. The number of carbonyl (C=O) groups is 2. The predicted molar refractivity (Wildman–Crippen MR) is 129 cm³/mol. The number of benzene rings is 2. The van der Waals surface area contributed by atoms with Crippen LogP contribution in [-0.2, 0) is 14.9 Å². The van der Waals surface area contributed by atoms with Crippen LogP contribution in [-0.4, -0.2) is 63.2 Å². The van der Waals surface area contributed by atoms with Gasteiger partial charge in [-0.25, -0.2) is 0 Å². The van der Waals surface area contributed by atoms with Crippen LogP contribution >= 0.6 is 0 Å². The van der Waals surface area contributed by atoms with Gasteiger partial charge in [0.1, 0.15) is 5.75 Å². The van der Waals surface area contributed by atoms with Gasteiger partial charge in [0.25, 0.3) is 5.91 Å². The van der Waals surface area contributed by atoms with Gasteiger partial charge in [-0.1, -0.05) is 45.0 Å². The zero-order chi connectivity index (χ0) is 23.8. The maximum atomic E-state index is 12.5. The molecule has 7 heteroatoms. The van der Waals surface area contributed by atoms with E-state index in [0.717, 1.165) is 30.0 Å². The number of nitrogens with one attached hydrogen (secondary N) is 2. The molecule has 2 amide bonds. The van der Waals surface area contributed by atoms with Crippen LogP contribution in [0.25, 0.3) is 0 Å². The number of hydrogen-bond acceptors (Lipinski definition) is 5. The zero-order valence-electron chi connectivity index (χ0n) is 20.0. The number of morpholine rings is 1. The summed E-state index contributed by atoms with van der Waals surface area (Å²) in [6, 6.07) is 15.4. The highest BCUT2D eigenvalue weighted by atomic mass is 16.5. The minimum atomic E-state index is -0.259. The molecule has 1 heterocycles. The molecule has 0 spiro atoms. The number of rotatable bonds is 8. The first kappa shape index (κ1) is 24.7. The van der Waals surface area contributed by atoms with Crippen molar-refractivity contribution < 1.29 is 19.1 Å². The van der Waals surface area contributed by atoms with Gasteiger partial charge in [0, 0.05) is 25.2 Å². The fourth-order valence-corrected chi connectivity index (χ4v) is 3.83. The van der Waals surface area contributed by atoms with E-state index in [-0.39, 0.29) is 29.8 Å². The van der Waals surface area contributed by atoms with Crippen molar-refractivity contribution >= 4 is 11.8 Å². The first-order chi connectivity index (χ1) is 15.8. The van der Waals surface area contributed by atoms with Crippen molar-refractivity contribution in [3.05, 3.63) is 65.2 Å². The van der Waals surface area contributed by atoms with Crippen molar-refractivity contribution in [1.29, 1.82) is 0 Å². The molecule has 178 valence electrons. The van der Waals surface area contributed by atoms with Gasteiger partial charge in [0.05, 0.1) is 32.9 Å². The average Bonchev–Trinajstić information content (AvgIpc) is 2.83. The average molecular weight is 454 g/mol. The smallest absolute Gasteiger partial charge is 0.251 e. The third kappa shape index (κ3) is 7.04. The molecule has 2 aromatic carbocycles. The molecule has 2 aromatic rings. The van der Waals surface area contributed by atoms with E-state index in [1.165, 1.54) is 0 Å². The van der Waals surface area contributed by atoms with E-state index in [4.69, 9.17) is 9.47 Å². The molecule has 0 saturated carbocycles. The second-order valence-corrected chi connectivity index (χ2v) is 9.25. The SMILES string of the molecule is COc1ccc(C(CNC(=O)CNC(=O)c2ccc(C(C)(C)C)cc2)N2CCOCC2)cc1. The van der Waals surface area contributed by atoms with Crippen molar-refractivity contribution in [2.24, 2.45) is 0 Å². The Labute approximate surface area is 196 Å². The summed E-state index contributed by atoms with van der Waals surface area (Å²) in [5, 5.41) is 5.69. The summed E-state index contributed by atoms with van der Waals surface area (Å²) in [7, 11) is 1.64. The van der Waals surface area contributed by atoms with Gasteiger partial charge in [0.15, 0.2) is 0 Å². The summed E-state index contributed by atoms with van der Waals surface area (Å²) >= 11 is 0. The maximum Gasteiger partial charge on any atom is 0.251 e. The minimum absolute atomic E-state index is 0.0180. The Bertz CT molecular complexity index is 914. The van der Waals surface area contributed by atoms with Crippen LogP contribution in [0.1, 0.15) is 48.3 Å². The molecule has 1 saturated heterocycles. The molecule has 0 aliphatic carbocycles. The zero-order valence-corrected chi connectivity index (χ0v) is 20.0. The normalized spacial score (nSPS) is 15.5. The van der Waals surface area contributed by atoms with Crippen LogP contribution in [0, 0.1) is 0 Å². The molecule has 1 aliphatic heterocycles. The molecule has 33 heavy (non-hydrogen) atoms. The van der Waals surface area contributed by atoms with Crippen molar-refractivity contribution in [1.82, 2.24) is 15.5 Å². The van der Waals surface area contributed by atoms with Crippen LogP contribution in [0.3, 0.4) is 0 Å². The molecule has 0 bridgehead atoms. The molecule has 1 unspecified atom stereocenters. The Hall–Kier alpha value is -2.90. The summed E-state index contributed by atoms with van der Waals surface area (Å²) in [4.78, 5) is 27.3. The largest absolute Gasteiger partial charge is 0.497 e. The summed E-state index contributed by atoms with van der Waals surface area (Å²) in [5.41, 5.74) is 2.82. The Morgan fingerprint density at radius 1 is 1.00 bits per heavy atom. The quantitative estimate of drug-likeness (QED) is 0.643. The first-order valence-corrected chi connectivity index (χ1v) is 11.4. The topological polar surface area (TPSA) is 79.9 Å². The highest BCUT2D eigenvalue weighted by molar-refractivity contribution is 5.96. The third-order valence-electron chi connectivity index (χ3n) is 5.90. The van der Waals surface area contributed by atoms with Gasteiger partial charge < -0.3 is 20.1 Å². The standard InChI is InChI=1S/C26H35N3O4/c1-26(2,3)21-9-5-20(6-10-21)25(31)28-18-24(30)27-17-23(29-13-15-33-16-14-29)19-7-11-22(32-4)12-8-19/h5-12,23H,13-18H2,1-4H3,(H,27,30)(H,28,31). The molecule has 1 fully saturated rings. The predicted octanol–water partition coefficient (Wildman–Crippen LogP) is 2.91. The Morgan fingerprint density at radius 2 is 1.64 bits per heavy atom. The number of amides is 2. The minimum Gasteiger partial charge on any atom is -0.497 e. The van der Waals surface area contributed by atoms with E-state index >= 15 is 0 Å². The molecule has 0 aromatic heterocycles. The van der Waals surface area contributed by atoms with Gasteiger partial charge in [-0.15, -0.1) is 0 Å². The van der Waals surface area contributed by atoms with E-state index in [2.05, 4.69) is 36.3 Å². The number of nitrogens with zero attached hydrogens (tertiary/aromatic N) is 1. The van der Waals surface area contributed by atoms with Crippen LogP contribution in [0.15, 0.2) is 48.5 Å². The fraction of sp³-hybridized carbons (Fsp3) is 0.462. The van der Waals surface area contributed by atoms with Crippen LogP contribution < -0.4 is 15.4 Å². The number of carbonyl (C=O) groups excluding carboxylic acids is 2. The Kier molecular flexibility index (Phi) is 8.47. The van der Waals surface area contributed by atoms with Crippen molar-refractivity contribution in [3.8, 4) is 5.75 Å². The number of methoxy groups -OCH3 is 1. The third-order valence-corrected chi connectivity index (χ3v) is 5.90. The van der Waals surface area contributed by atoms with Gasteiger partial charge >= 0.3 is 0 Å². The molecular weight excluding hydrogens is 418 g/mol. The molecule has 1 aliphatic rings. The van der Waals surface area contributed by atoms with Gasteiger partial charge in [-0.3, -0.25) is 14.5 Å². The van der Waals surface area contributed by atoms with E-state index in [1.54, 1.807) is 19.2 Å². The number of ether oxygens (including phenoxy) is 2. The molecule has 0 radical (unpaired) electrons. The molecule has 1 atom stereocenters. The van der Waals surface area contributed by atoms with Gasteiger partial charge in [-0.05, 0) is 40.8 Å². The monoisotopic (exact) mass is 453 g/mol. The lowest BCUT2D eigenvalue weighted by Crippen LogP contribution is -2.45.